The summed E-state index contributed by atoms with van der Waals surface area (Å²) in [4.78, 5) is 5.74. The van der Waals surface area contributed by atoms with Crippen LogP contribution < -0.4 is 0 Å². The standard InChI is InChI=1S/C46H68S4/c1-3-5-7-9-11-13-15-17-19-21-23-29-35-47-41-33-27-25-31-39(41)43-37-45-46(49-43)38-44(50-45)40-32-26-28-34-42(40)48-36-30-24-22-20-18-16-14-12-10-8-6-4-2/h25-28,31-34,37-38H,3-24,29-30,35-36H2,1-2H3. The quantitative estimate of drug-likeness (QED) is 0.0385. The summed E-state index contributed by atoms with van der Waals surface area (Å²) in [5, 5.41) is 0. The molecule has 2 aromatic carbocycles. The largest absolute Gasteiger partial charge is 0.134 e. The van der Waals surface area contributed by atoms with E-state index in [4.69, 9.17) is 0 Å². The number of hydrogen-bond donors (Lipinski definition) is 0. The maximum absolute atomic E-state index is 2.46. The SMILES string of the molecule is CCCCCCCCCCCCCCSc1ccccc1-c1cc2sc(-c3ccccc3SCCCCCCCCCCCCCC)cc2s1. The van der Waals surface area contributed by atoms with Gasteiger partial charge in [-0.15, -0.1) is 46.2 Å². The Kier molecular flexibility index (Phi) is 22.1. The van der Waals surface area contributed by atoms with Crippen LogP contribution >= 0.6 is 46.2 Å². The van der Waals surface area contributed by atoms with Crippen LogP contribution in [0.15, 0.2) is 70.5 Å². The molecule has 2 heterocycles. The van der Waals surface area contributed by atoms with E-state index in [0.717, 1.165) is 0 Å². The Morgan fingerprint density at radius 2 is 0.680 bits per heavy atom. The van der Waals surface area contributed by atoms with Crippen molar-refractivity contribution in [3.05, 3.63) is 60.7 Å². The first-order chi connectivity index (χ1) is 24.8. The van der Waals surface area contributed by atoms with Crippen molar-refractivity contribution in [2.45, 2.75) is 178 Å². The highest BCUT2D eigenvalue weighted by Gasteiger charge is 2.14. The second-order valence-corrected chi connectivity index (χ2v) is 18.9. The molecule has 0 spiro atoms. The highest BCUT2D eigenvalue weighted by atomic mass is 32.2. The van der Waals surface area contributed by atoms with Crippen molar-refractivity contribution < 1.29 is 0 Å². The van der Waals surface area contributed by atoms with Crippen molar-refractivity contribution in [3.8, 4) is 20.9 Å². The minimum atomic E-state index is 1.23. The summed E-state index contributed by atoms with van der Waals surface area (Å²) in [6, 6.07) is 23.1. The first-order valence-corrected chi connectivity index (χ1v) is 24.4. The lowest BCUT2D eigenvalue weighted by molar-refractivity contribution is 0.548. The van der Waals surface area contributed by atoms with Gasteiger partial charge in [0, 0.05) is 40.1 Å². The van der Waals surface area contributed by atoms with E-state index in [2.05, 4.69) is 98.0 Å². The summed E-state index contributed by atoms with van der Waals surface area (Å²) < 4.78 is 2.86. The molecule has 276 valence electrons. The van der Waals surface area contributed by atoms with Crippen molar-refractivity contribution in [3.63, 3.8) is 0 Å². The third kappa shape index (κ3) is 15.8. The minimum Gasteiger partial charge on any atom is -0.134 e. The van der Waals surface area contributed by atoms with Gasteiger partial charge in [0.1, 0.15) is 0 Å². The van der Waals surface area contributed by atoms with E-state index < -0.39 is 0 Å². The molecular formula is C46H68S4. The smallest absolute Gasteiger partial charge is 0.0463 e. The van der Waals surface area contributed by atoms with Gasteiger partial charge in [-0.1, -0.05) is 192 Å². The molecule has 4 heteroatoms. The van der Waals surface area contributed by atoms with Gasteiger partial charge in [0.15, 0.2) is 0 Å². The third-order valence-corrected chi connectivity index (χ3v) is 14.7. The van der Waals surface area contributed by atoms with Crippen LogP contribution in [0.25, 0.3) is 30.3 Å². The molecule has 2 aromatic heterocycles. The second-order valence-electron chi connectivity index (χ2n) is 14.4. The fourth-order valence-electron chi connectivity index (χ4n) is 6.94. The Labute approximate surface area is 324 Å². The lowest BCUT2D eigenvalue weighted by atomic mass is 10.1. The highest BCUT2D eigenvalue weighted by Crippen LogP contribution is 2.45. The van der Waals surface area contributed by atoms with Crippen LogP contribution in [0.5, 0.6) is 0 Å². The maximum atomic E-state index is 2.46. The Hall–Kier alpha value is -1.20. The van der Waals surface area contributed by atoms with Crippen LogP contribution in [0, 0.1) is 0 Å². The number of thiophene rings is 2. The molecule has 0 unspecified atom stereocenters. The lowest BCUT2D eigenvalue weighted by Gasteiger charge is -2.08. The van der Waals surface area contributed by atoms with Crippen molar-refractivity contribution in [1.82, 2.24) is 0 Å². The summed E-state index contributed by atoms with van der Waals surface area (Å²) in [6.07, 6.45) is 34.0. The molecule has 0 N–H and O–H groups in total. The van der Waals surface area contributed by atoms with E-state index in [1.807, 2.05) is 22.7 Å². The summed E-state index contributed by atoms with van der Waals surface area (Å²) in [7, 11) is 0. The zero-order valence-corrected chi connectivity index (χ0v) is 35.1. The number of fused-ring (bicyclic) bond motifs is 1. The molecule has 0 nitrogen and oxygen atoms in total. The maximum Gasteiger partial charge on any atom is 0.0463 e. The summed E-state index contributed by atoms with van der Waals surface area (Å²) >= 11 is 8.08. The van der Waals surface area contributed by atoms with E-state index in [0.29, 0.717) is 0 Å². The van der Waals surface area contributed by atoms with Gasteiger partial charge in [-0.2, -0.15) is 0 Å². The zero-order valence-electron chi connectivity index (χ0n) is 31.8. The first kappa shape index (κ1) is 41.6. The Morgan fingerprint density at radius 3 is 1.02 bits per heavy atom. The second kappa shape index (κ2) is 26.5. The Bertz CT molecular complexity index is 1280. The minimum absolute atomic E-state index is 1.23. The van der Waals surface area contributed by atoms with Crippen LogP contribution in [0.2, 0.25) is 0 Å². The molecule has 4 aromatic rings. The van der Waals surface area contributed by atoms with E-state index in [1.54, 1.807) is 0 Å². The van der Waals surface area contributed by atoms with Crippen molar-refractivity contribution in [1.29, 1.82) is 0 Å². The molecule has 0 amide bonds. The molecule has 0 saturated carbocycles. The number of thioether (sulfide) groups is 2. The predicted octanol–water partition coefficient (Wildman–Crippen LogP) is 17.9. The van der Waals surface area contributed by atoms with Crippen LogP contribution in [0.3, 0.4) is 0 Å². The molecule has 50 heavy (non-hydrogen) atoms. The van der Waals surface area contributed by atoms with Crippen molar-refractivity contribution in [2.75, 3.05) is 11.5 Å². The van der Waals surface area contributed by atoms with E-state index in [1.165, 1.54) is 206 Å². The van der Waals surface area contributed by atoms with Gasteiger partial charge in [0.25, 0.3) is 0 Å². The van der Waals surface area contributed by atoms with E-state index in [-0.39, 0.29) is 0 Å². The van der Waals surface area contributed by atoms with Gasteiger partial charge >= 0.3 is 0 Å². The van der Waals surface area contributed by atoms with Gasteiger partial charge < -0.3 is 0 Å². The van der Waals surface area contributed by atoms with Crippen molar-refractivity contribution >= 4 is 55.6 Å². The number of benzene rings is 2. The van der Waals surface area contributed by atoms with Crippen molar-refractivity contribution in [2.24, 2.45) is 0 Å². The normalized spacial score (nSPS) is 11.6. The molecule has 0 atom stereocenters. The van der Waals surface area contributed by atoms with E-state index in [9.17, 15) is 0 Å². The zero-order chi connectivity index (χ0) is 34.9. The van der Waals surface area contributed by atoms with E-state index >= 15 is 0 Å². The van der Waals surface area contributed by atoms with Gasteiger partial charge in [0.05, 0.1) is 0 Å². The molecule has 0 saturated heterocycles. The molecule has 0 bridgehead atoms. The number of hydrogen-bond acceptors (Lipinski definition) is 4. The number of unbranched alkanes of at least 4 members (excludes halogenated alkanes) is 22. The average Bonchev–Trinajstić information content (AvgIpc) is 3.73. The van der Waals surface area contributed by atoms with Gasteiger partial charge in [-0.25, -0.2) is 0 Å². The molecule has 0 aliphatic heterocycles. The third-order valence-electron chi connectivity index (χ3n) is 10.0. The van der Waals surface area contributed by atoms with Crippen LogP contribution in [-0.2, 0) is 0 Å². The fourth-order valence-corrected chi connectivity index (χ4v) is 11.7. The summed E-state index contributed by atoms with van der Waals surface area (Å²) in [6.45, 7) is 4.61. The fraction of sp³-hybridized carbons (Fsp3) is 0.609. The first-order valence-electron chi connectivity index (χ1n) is 20.8. The van der Waals surface area contributed by atoms with Gasteiger partial charge in [-0.05, 0) is 48.6 Å². The molecule has 0 aliphatic rings. The lowest BCUT2D eigenvalue weighted by Crippen LogP contribution is -1.86. The van der Waals surface area contributed by atoms with Crippen LogP contribution in [0.1, 0.15) is 168 Å². The topological polar surface area (TPSA) is 0 Å². The Balaban J connectivity index is 1.16. The summed E-state index contributed by atoms with van der Waals surface area (Å²) in [5.41, 5.74) is 2.84. The molecule has 0 aliphatic carbocycles. The van der Waals surface area contributed by atoms with Gasteiger partial charge in [0.2, 0.25) is 0 Å². The van der Waals surface area contributed by atoms with Crippen LogP contribution in [0.4, 0.5) is 0 Å². The molecule has 0 fully saturated rings. The van der Waals surface area contributed by atoms with Crippen LogP contribution in [-0.4, -0.2) is 11.5 Å². The predicted molar refractivity (Wildman–Crippen MR) is 234 cm³/mol. The number of rotatable bonds is 30. The molecular weight excluding hydrogens is 681 g/mol. The molecule has 0 radical (unpaired) electrons. The highest BCUT2D eigenvalue weighted by molar-refractivity contribution is 7.99. The summed E-state index contributed by atoms with van der Waals surface area (Å²) in [5.74, 6) is 2.46. The molecule has 4 rings (SSSR count). The Morgan fingerprint density at radius 1 is 0.380 bits per heavy atom. The van der Waals surface area contributed by atoms with Gasteiger partial charge in [-0.3, -0.25) is 0 Å². The average molecular weight is 749 g/mol. The monoisotopic (exact) mass is 748 g/mol.